The van der Waals surface area contributed by atoms with Crippen LogP contribution in [-0.4, -0.2) is 29.1 Å². The molecule has 0 radical (unpaired) electrons. The van der Waals surface area contributed by atoms with E-state index in [4.69, 9.17) is 5.26 Å². The fourth-order valence-electron chi connectivity index (χ4n) is 3.30. The number of piperidine rings is 1. The molecule has 1 aromatic heterocycles. The lowest BCUT2D eigenvalue weighted by Crippen LogP contribution is -2.35. The normalized spacial score (nSPS) is 27.1. The average Bonchev–Trinajstić information content (AvgIpc) is 3.39. The van der Waals surface area contributed by atoms with Crippen molar-refractivity contribution in [1.29, 1.82) is 5.26 Å². The third kappa shape index (κ3) is 2.09. The second-order valence-corrected chi connectivity index (χ2v) is 6.42. The molecular formula is C15H19N5. The molecular weight excluding hydrogens is 250 g/mol. The summed E-state index contributed by atoms with van der Waals surface area (Å²) in [5.41, 5.74) is 0.341. The van der Waals surface area contributed by atoms with Crippen LogP contribution in [0.25, 0.3) is 0 Å². The fourth-order valence-corrected chi connectivity index (χ4v) is 3.30. The number of nitrogens with one attached hydrogen (secondary N) is 1. The SMILES string of the molecule is N#CC1CC12CCN(c1cc(NC3CC3)ncn1)CC2. The number of nitrogens with zero attached hydrogens (tertiary/aromatic N) is 4. The van der Waals surface area contributed by atoms with E-state index in [9.17, 15) is 0 Å². The monoisotopic (exact) mass is 269 g/mol. The molecule has 0 amide bonds. The molecule has 0 aromatic carbocycles. The van der Waals surface area contributed by atoms with Gasteiger partial charge in [-0.25, -0.2) is 9.97 Å². The Kier molecular flexibility index (Phi) is 2.59. The van der Waals surface area contributed by atoms with Gasteiger partial charge in [-0.15, -0.1) is 0 Å². The summed E-state index contributed by atoms with van der Waals surface area (Å²) in [6.07, 6.45) is 7.51. The molecule has 5 heteroatoms. The largest absolute Gasteiger partial charge is 0.367 e. The number of hydrogen-bond donors (Lipinski definition) is 1. The summed E-state index contributed by atoms with van der Waals surface area (Å²) < 4.78 is 0. The third-order valence-electron chi connectivity index (χ3n) is 5.01. The molecule has 20 heavy (non-hydrogen) atoms. The zero-order valence-corrected chi connectivity index (χ0v) is 11.5. The van der Waals surface area contributed by atoms with Crippen molar-refractivity contribution in [3.63, 3.8) is 0 Å². The summed E-state index contributed by atoms with van der Waals surface area (Å²) in [6, 6.07) is 5.11. The van der Waals surface area contributed by atoms with Crippen LogP contribution in [0.15, 0.2) is 12.4 Å². The molecule has 1 atom stereocenters. The van der Waals surface area contributed by atoms with Gasteiger partial charge in [-0.3, -0.25) is 0 Å². The summed E-state index contributed by atoms with van der Waals surface area (Å²) in [6.45, 7) is 2.02. The minimum atomic E-state index is 0.308. The Hall–Kier alpha value is -1.83. The Morgan fingerprint density at radius 1 is 1.30 bits per heavy atom. The van der Waals surface area contributed by atoms with Crippen molar-refractivity contribution < 1.29 is 0 Å². The molecule has 1 saturated heterocycles. The van der Waals surface area contributed by atoms with Gasteiger partial charge in [0.15, 0.2) is 0 Å². The van der Waals surface area contributed by atoms with Crippen LogP contribution in [0, 0.1) is 22.7 Å². The number of rotatable bonds is 3. The van der Waals surface area contributed by atoms with Gasteiger partial charge in [0.25, 0.3) is 0 Å². The first-order valence-electron chi connectivity index (χ1n) is 7.52. The third-order valence-corrected chi connectivity index (χ3v) is 5.01. The molecule has 1 aliphatic heterocycles. The van der Waals surface area contributed by atoms with Crippen molar-refractivity contribution in [3.8, 4) is 6.07 Å². The van der Waals surface area contributed by atoms with Crippen LogP contribution in [0.3, 0.4) is 0 Å². The molecule has 1 aromatic rings. The van der Waals surface area contributed by atoms with E-state index < -0.39 is 0 Å². The van der Waals surface area contributed by atoms with E-state index in [0.29, 0.717) is 17.4 Å². The van der Waals surface area contributed by atoms with Crippen molar-refractivity contribution in [2.75, 3.05) is 23.3 Å². The summed E-state index contributed by atoms with van der Waals surface area (Å²) in [4.78, 5) is 11.0. The van der Waals surface area contributed by atoms with Gasteiger partial charge in [0, 0.05) is 25.2 Å². The number of aromatic nitrogens is 2. The lowest BCUT2D eigenvalue weighted by atomic mass is 9.91. The fraction of sp³-hybridized carbons (Fsp3) is 0.667. The highest BCUT2D eigenvalue weighted by Gasteiger charge is 2.55. The second-order valence-electron chi connectivity index (χ2n) is 6.42. The Bertz CT molecular complexity index is 552. The highest BCUT2D eigenvalue weighted by atomic mass is 15.2. The van der Waals surface area contributed by atoms with Crippen LogP contribution in [0.4, 0.5) is 11.6 Å². The predicted octanol–water partition coefficient (Wildman–Crippen LogP) is 2.18. The van der Waals surface area contributed by atoms with Gasteiger partial charge >= 0.3 is 0 Å². The van der Waals surface area contributed by atoms with E-state index in [1.165, 1.54) is 12.8 Å². The van der Waals surface area contributed by atoms with Gasteiger partial charge < -0.3 is 10.2 Å². The van der Waals surface area contributed by atoms with Crippen molar-refractivity contribution in [1.82, 2.24) is 9.97 Å². The topological polar surface area (TPSA) is 64.8 Å². The summed E-state index contributed by atoms with van der Waals surface area (Å²) in [5.74, 6) is 2.27. The molecule has 104 valence electrons. The number of hydrogen-bond acceptors (Lipinski definition) is 5. The van der Waals surface area contributed by atoms with Crippen molar-refractivity contribution in [2.24, 2.45) is 11.3 Å². The minimum Gasteiger partial charge on any atom is -0.367 e. The zero-order valence-electron chi connectivity index (χ0n) is 11.5. The maximum Gasteiger partial charge on any atom is 0.134 e. The Morgan fingerprint density at radius 3 is 2.75 bits per heavy atom. The molecule has 0 bridgehead atoms. The molecule has 1 spiro atoms. The van der Waals surface area contributed by atoms with Gasteiger partial charge in [-0.1, -0.05) is 0 Å². The highest BCUT2D eigenvalue weighted by Crippen LogP contribution is 2.59. The van der Waals surface area contributed by atoms with E-state index in [1.54, 1.807) is 6.33 Å². The Morgan fingerprint density at radius 2 is 2.10 bits per heavy atom. The summed E-state index contributed by atoms with van der Waals surface area (Å²) in [5, 5.41) is 12.5. The molecule has 4 rings (SSSR count). The maximum atomic E-state index is 9.04. The first kappa shape index (κ1) is 12.0. The van der Waals surface area contributed by atoms with Gasteiger partial charge in [0.05, 0.1) is 12.0 Å². The smallest absolute Gasteiger partial charge is 0.134 e. The van der Waals surface area contributed by atoms with E-state index in [-0.39, 0.29) is 0 Å². The van der Waals surface area contributed by atoms with Crippen LogP contribution < -0.4 is 10.2 Å². The highest BCUT2D eigenvalue weighted by molar-refractivity contribution is 5.50. The standard InChI is InChI=1S/C15H19N5/c16-9-11-8-15(11)3-5-20(6-4-15)14-7-13(17-10-18-14)19-12-1-2-12/h7,10-12H,1-6,8H2,(H,17,18,19). The second kappa shape index (κ2) is 4.34. The molecule has 2 aliphatic carbocycles. The van der Waals surface area contributed by atoms with Gasteiger partial charge in [0.1, 0.15) is 18.0 Å². The van der Waals surface area contributed by atoms with Crippen molar-refractivity contribution in [2.45, 2.75) is 38.1 Å². The van der Waals surface area contributed by atoms with Crippen LogP contribution in [0.2, 0.25) is 0 Å². The molecule has 1 N–H and O–H groups in total. The quantitative estimate of drug-likeness (QED) is 0.911. The number of nitriles is 1. The van der Waals surface area contributed by atoms with E-state index in [0.717, 1.165) is 44.0 Å². The van der Waals surface area contributed by atoms with Gasteiger partial charge in [-0.2, -0.15) is 5.26 Å². The van der Waals surface area contributed by atoms with Crippen molar-refractivity contribution in [3.05, 3.63) is 12.4 Å². The lowest BCUT2D eigenvalue weighted by Gasteiger charge is -2.33. The Labute approximate surface area is 119 Å². The molecule has 2 saturated carbocycles. The van der Waals surface area contributed by atoms with Crippen LogP contribution in [0.5, 0.6) is 0 Å². The van der Waals surface area contributed by atoms with Gasteiger partial charge in [-0.05, 0) is 37.5 Å². The predicted molar refractivity (Wildman–Crippen MR) is 76.3 cm³/mol. The number of anilines is 2. The molecule has 3 fully saturated rings. The van der Waals surface area contributed by atoms with E-state index in [1.807, 2.05) is 0 Å². The first-order chi connectivity index (χ1) is 9.79. The maximum absolute atomic E-state index is 9.04. The molecule has 1 unspecified atom stereocenters. The molecule has 5 nitrogen and oxygen atoms in total. The van der Waals surface area contributed by atoms with Gasteiger partial charge in [0.2, 0.25) is 0 Å². The van der Waals surface area contributed by atoms with Crippen LogP contribution in [0.1, 0.15) is 32.1 Å². The Balaban J connectivity index is 1.42. The van der Waals surface area contributed by atoms with E-state index in [2.05, 4.69) is 32.3 Å². The lowest BCUT2D eigenvalue weighted by molar-refractivity contribution is 0.366. The summed E-state index contributed by atoms with van der Waals surface area (Å²) >= 11 is 0. The van der Waals surface area contributed by atoms with Crippen molar-refractivity contribution >= 4 is 11.6 Å². The zero-order chi connectivity index (χ0) is 13.6. The van der Waals surface area contributed by atoms with Crippen LogP contribution >= 0.6 is 0 Å². The molecule has 3 aliphatic rings. The molecule has 2 heterocycles. The van der Waals surface area contributed by atoms with E-state index >= 15 is 0 Å². The average molecular weight is 269 g/mol. The minimum absolute atomic E-state index is 0.308. The summed E-state index contributed by atoms with van der Waals surface area (Å²) in [7, 11) is 0. The van der Waals surface area contributed by atoms with Crippen LogP contribution in [-0.2, 0) is 0 Å². The first-order valence-corrected chi connectivity index (χ1v) is 7.52.